The van der Waals surface area contributed by atoms with Crippen LogP contribution in [0.3, 0.4) is 0 Å². The standard InChI is InChI=1S/C13H14N2O4/c1-17-12-6-9(14-13(15-12)18-2)8-19-11-5-3-4-10(16)7-11/h3-7,16H,8H2,1-2H3. The van der Waals surface area contributed by atoms with Crippen LogP contribution in [0.2, 0.25) is 0 Å². The fourth-order valence-corrected chi connectivity index (χ4v) is 1.45. The Morgan fingerprint density at radius 3 is 2.63 bits per heavy atom. The fraction of sp³-hybridized carbons (Fsp3) is 0.231. The number of ether oxygens (including phenoxy) is 3. The maximum absolute atomic E-state index is 9.33. The molecular formula is C13H14N2O4. The maximum atomic E-state index is 9.33. The highest BCUT2D eigenvalue weighted by Gasteiger charge is 2.06. The molecule has 2 aromatic rings. The fourth-order valence-electron chi connectivity index (χ4n) is 1.45. The zero-order chi connectivity index (χ0) is 13.7. The molecule has 1 aromatic carbocycles. The van der Waals surface area contributed by atoms with Gasteiger partial charge in [0, 0.05) is 12.1 Å². The summed E-state index contributed by atoms with van der Waals surface area (Å²) >= 11 is 0. The van der Waals surface area contributed by atoms with Gasteiger partial charge in [0.1, 0.15) is 18.1 Å². The largest absolute Gasteiger partial charge is 0.508 e. The number of methoxy groups -OCH3 is 2. The summed E-state index contributed by atoms with van der Waals surface area (Å²) in [7, 11) is 3.00. The van der Waals surface area contributed by atoms with Crippen LogP contribution in [0.5, 0.6) is 23.4 Å². The number of hydrogen-bond donors (Lipinski definition) is 1. The van der Waals surface area contributed by atoms with Gasteiger partial charge in [0.15, 0.2) is 0 Å². The van der Waals surface area contributed by atoms with E-state index in [-0.39, 0.29) is 18.4 Å². The topological polar surface area (TPSA) is 73.7 Å². The van der Waals surface area contributed by atoms with Gasteiger partial charge in [0.05, 0.1) is 19.9 Å². The van der Waals surface area contributed by atoms with E-state index in [0.29, 0.717) is 17.3 Å². The molecule has 0 spiro atoms. The molecule has 6 heteroatoms. The van der Waals surface area contributed by atoms with E-state index >= 15 is 0 Å². The predicted octanol–water partition coefficient (Wildman–Crippen LogP) is 1.78. The average molecular weight is 262 g/mol. The summed E-state index contributed by atoms with van der Waals surface area (Å²) in [4.78, 5) is 8.12. The first kappa shape index (κ1) is 12.9. The van der Waals surface area contributed by atoms with Crippen molar-refractivity contribution < 1.29 is 19.3 Å². The molecule has 1 N–H and O–H groups in total. The Labute approximate surface area is 110 Å². The van der Waals surface area contributed by atoms with Gasteiger partial charge in [0.2, 0.25) is 5.88 Å². The molecule has 0 fully saturated rings. The molecule has 0 saturated carbocycles. The van der Waals surface area contributed by atoms with Crippen molar-refractivity contribution in [3.05, 3.63) is 36.0 Å². The lowest BCUT2D eigenvalue weighted by molar-refractivity contribution is 0.291. The zero-order valence-corrected chi connectivity index (χ0v) is 10.7. The zero-order valence-electron chi connectivity index (χ0n) is 10.7. The molecule has 0 unspecified atom stereocenters. The van der Waals surface area contributed by atoms with Crippen molar-refractivity contribution in [2.24, 2.45) is 0 Å². The highest BCUT2D eigenvalue weighted by atomic mass is 16.5. The molecule has 0 saturated heterocycles. The van der Waals surface area contributed by atoms with E-state index in [2.05, 4.69) is 9.97 Å². The monoisotopic (exact) mass is 262 g/mol. The Morgan fingerprint density at radius 2 is 1.95 bits per heavy atom. The Bertz CT molecular complexity index is 538. The van der Waals surface area contributed by atoms with Crippen molar-refractivity contribution >= 4 is 0 Å². The second-order valence-electron chi connectivity index (χ2n) is 3.67. The number of aromatic nitrogens is 2. The third-order valence-corrected chi connectivity index (χ3v) is 2.33. The molecule has 0 amide bonds. The first-order valence-corrected chi connectivity index (χ1v) is 5.59. The molecule has 0 aliphatic heterocycles. The summed E-state index contributed by atoms with van der Waals surface area (Å²) in [5.74, 6) is 1.10. The van der Waals surface area contributed by atoms with E-state index in [1.807, 2.05) is 0 Å². The summed E-state index contributed by atoms with van der Waals surface area (Å²) in [5, 5.41) is 9.33. The Kier molecular flexibility index (Phi) is 4.02. The smallest absolute Gasteiger partial charge is 0.319 e. The van der Waals surface area contributed by atoms with Crippen LogP contribution in [0.15, 0.2) is 30.3 Å². The molecule has 2 rings (SSSR count). The van der Waals surface area contributed by atoms with Gasteiger partial charge in [-0.05, 0) is 12.1 Å². The lowest BCUT2D eigenvalue weighted by atomic mass is 10.3. The summed E-state index contributed by atoms with van der Waals surface area (Å²) in [6.45, 7) is 0.221. The van der Waals surface area contributed by atoms with Gasteiger partial charge in [0.25, 0.3) is 0 Å². The molecule has 0 radical (unpaired) electrons. The van der Waals surface area contributed by atoms with E-state index in [1.165, 1.54) is 20.3 Å². The van der Waals surface area contributed by atoms with Crippen LogP contribution in [0.4, 0.5) is 0 Å². The number of benzene rings is 1. The van der Waals surface area contributed by atoms with Gasteiger partial charge in [-0.2, -0.15) is 9.97 Å². The summed E-state index contributed by atoms with van der Waals surface area (Å²) in [6, 6.07) is 8.42. The molecule has 100 valence electrons. The van der Waals surface area contributed by atoms with Crippen LogP contribution >= 0.6 is 0 Å². The second-order valence-corrected chi connectivity index (χ2v) is 3.67. The van der Waals surface area contributed by atoms with Gasteiger partial charge in [-0.25, -0.2) is 0 Å². The van der Waals surface area contributed by atoms with Crippen LogP contribution in [0, 0.1) is 0 Å². The Morgan fingerprint density at radius 1 is 1.11 bits per heavy atom. The first-order chi connectivity index (χ1) is 9.21. The summed E-state index contributed by atoms with van der Waals surface area (Å²) in [5.41, 5.74) is 0.618. The summed E-state index contributed by atoms with van der Waals surface area (Å²) in [6.07, 6.45) is 0. The summed E-state index contributed by atoms with van der Waals surface area (Å²) < 4.78 is 15.5. The molecular weight excluding hydrogens is 248 g/mol. The molecule has 1 aromatic heterocycles. The number of hydrogen-bond acceptors (Lipinski definition) is 6. The lowest BCUT2D eigenvalue weighted by Crippen LogP contribution is -2.03. The minimum absolute atomic E-state index is 0.148. The number of rotatable bonds is 5. The molecule has 1 heterocycles. The van der Waals surface area contributed by atoms with E-state index in [0.717, 1.165) is 0 Å². The van der Waals surface area contributed by atoms with Crippen LogP contribution in [-0.4, -0.2) is 29.3 Å². The molecule has 0 aliphatic rings. The maximum Gasteiger partial charge on any atom is 0.319 e. The van der Waals surface area contributed by atoms with Crippen molar-refractivity contribution in [3.8, 4) is 23.4 Å². The Balaban J connectivity index is 2.10. The number of phenols is 1. The van der Waals surface area contributed by atoms with E-state index < -0.39 is 0 Å². The van der Waals surface area contributed by atoms with Gasteiger partial charge in [-0.3, -0.25) is 0 Å². The SMILES string of the molecule is COc1cc(COc2cccc(O)c2)nc(OC)n1. The van der Waals surface area contributed by atoms with Crippen LogP contribution in [-0.2, 0) is 6.61 Å². The highest BCUT2D eigenvalue weighted by Crippen LogP contribution is 2.20. The van der Waals surface area contributed by atoms with Crippen LogP contribution in [0.1, 0.15) is 5.69 Å². The third kappa shape index (κ3) is 3.48. The van der Waals surface area contributed by atoms with Crippen molar-refractivity contribution in [1.82, 2.24) is 9.97 Å². The van der Waals surface area contributed by atoms with Crippen molar-refractivity contribution in [2.45, 2.75) is 6.61 Å². The molecule has 6 nitrogen and oxygen atoms in total. The van der Waals surface area contributed by atoms with Crippen molar-refractivity contribution in [2.75, 3.05) is 14.2 Å². The van der Waals surface area contributed by atoms with Crippen molar-refractivity contribution in [3.63, 3.8) is 0 Å². The van der Waals surface area contributed by atoms with Crippen LogP contribution < -0.4 is 14.2 Å². The van der Waals surface area contributed by atoms with E-state index in [9.17, 15) is 5.11 Å². The molecule has 0 bridgehead atoms. The normalized spacial score (nSPS) is 10.0. The Hall–Kier alpha value is -2.50. The van der Waals surface area contributed by atoms with Gasteiger partial charge in [-0.1, -0.05) is 6.07 Å². The quantitative estimate of drug-likeness (QED) is 0.885. The second kappa shape index (κ2) is 5.90. The van der Waals surface area contributed by atoms with Gasteiger partial charge >= 0.3 is 6.01 Å². The highest BCUT2D eigenvalue weighted by molar-refractivity contribution is 5.32. The number of nitrogens with zero attached hydrogens (tertiary/aromatic N) is 2. The molecule has 0 atom stereocenters. The minimum Gasteiger partial charge on any atom is -0.508 e. The number of aromatic hydroxyl groups is 1. The third-order valence-electron chi connectivity index (χ3n) is 2.33. The van der Waals surface area contributed by atoms with E-state index in [1.54, 1.807) is 24.3 Å². The van der Waals surface area contributed by atoms with Gasteiger partial charge in [-0.15, -0.1) is 0 Å². The van der Waals surface area contributed by atoms with E-state index in [4.69, 9.17) is 14.2 Å². The minimum atomic E-state index is 0.148. The lowest BCUT2D eigenvalue weighted by Gasteiger charge is -2.08. The molecule has 19 heavy (non-hydrogen) atoms. The predicted molar refractivity (Wildman–Crippen MR) is 67.6 cm³/mol. The van der Waals surface area contributed by atoms with Crippen LogP contribution in [0.25, 0.3) is 0 Å². The average Bonchev–Trinajstić information content (AvgIpc) is 2.44. The first-order valence-electron chi connectivity index (χ1n) is 5.59. The van der Waals surface area contributed by atoms with Gasteiger partial charge < -0.3 is 19.3 Å². The number of phenolic OH excluding ortho intramolecular Hbond substituents is 1. The molecule has 0 aliphatic carbocycles. The van der Waals surface area contributed by atoms with Crippen molar-refractivity contribution in [1.29, 1.82) is 0 Å².